The lowest BCUT2D eigenvalue weighted by Crippen LogP contribution is -2.28. The summed E-state index contributed by atoms with van der Waals surface area (Å²) < 4.78 is 5.12. The number of nitrogens with one attached hydrogen (secondary N) is 2. The second-order valence-electron chi connectivity index (χ2n) is 6.55. The monoisotopic (exact) mass is 440 g/mol. The fraction of sp³-hybridized carbons (Fsp3) is 0.190. The molecule has 3 rings (SSSR count). The van der Waals surface area contributed by atoms with Crippen LogP contribution in [0.5, 0.6) is 5.75 Å². The van der Waals surface area contributed by atoms with Crippen molar-refractivity contribution in [3.63, 3.8) is 0 Å². The number of rotatable bonds is 7. The van der Waals surface area contributed by atoms with E-state index < -0.39 is 11.2 Å². The highest BCUT2D eigenvalue weighted by atomic mass is 32.2. The van der Waals surface area contributed by atoms with Crippen molar-refractivity contribution in [1.82, 2.24) is 5.32 Å². The number of hydrogen-bond donors (Lipinski definition) is 3. The Hall–Kier alpha value is -3.66. The van der Waals surface area contributed by atoms with Crippen LogP contribution in [0.1, 0.15) is 29.3 Å². The second-order valence-corrected chi connectivity index (χ2v) is 7.74. The summed E-state index contributed by atoms with van der Waals surface area (Å²) >= 11 is 1.13. The van der Waals surface area contributed by atoms with Crippen LogP contribution in [0.2, 0.25) is 0 Å². The van der Waals surface area contributed by atoms with Crippen molar-refractivity contribution in [2.75, 3.05) is 12.4 Å². The number of aromatic carboxylic acids is 1. The van der Waals surface area contributed by atoms with E-state index >= 15 is 0 Å². The maximum Gasteiger partial charge on any atom is 0.335 e. The molecule has 2 aromatic carbocycles. The lowest BCUT2D eigenvalue weighted by Gasteiger charge is -2.07. The topological polar surface area (TPSA) is 129 Å². The van der Waals surface area contributed by atoms with Crippen LogP contribution < -0.4 is 15.4 Å². The molecule has 0 radical (unpaired) electrons. The van der Waals surface area contributed by atoms with E-state index in [-0.39, 0.29) is 23.8 Å². The number of amidine groups is 1. The van der Waals surface area contributed by atoms with Crippen LogP contribution >= 0.6 is 11.8 Å². The summed E-state index contributed by atoms with van der Waals surface area (Å²) in [6, 6.07) is 13.1. The number of benzene rings is 2. The molecule has 1 aliphatic rings. The van der Waals surface area contributed by atoms with Crippen molar-refractivity contribution < 1.29 is 24.2 Å². The van der Waals surface area contributed by atoms with Gasteiger partial charge in [-0.3, -0.25) is 9.59 Å². The molecule has 1 heterocycles. The molecule has 0 aromatic heterocycles. The first-order valence-corrected chi connectivity index (χ1v) is 10.1. The van der Waals surface area contributed by atoms with Crippen molar-refractivity contribution >= 4 is 46.1 Å². The summed E-state index contributed by atoms with van der Waals surface area (Å²) in [5.74, 6) is -0.999. The van der Waals surface area contributed by atoms with Gasteiger partial charge in [0.05, 0.1) is 18.4 Å². The van der Waals surface area contributed by atoms with Crippen molar-refractivity contribution in [3.8, 4) is 5.75 Å². The van der Waals surface area contributed by atoms with Gasteiger partial charge < -0.3 is 20.5 Å². The van der Waals surface area contributed by atoms with Gasteiger partial charge in [0.2, 0.25) is 11.8 Å². The number of thioether (sulfide) groups is 1. The minimum Gasteiger partial charge on any atom is -0.497 e. The van der Waals surface area contributed by atoms with Gasteiger partial charge in [-0.1, -0.05) is 11.8 Å². The smallest absolute Gasteiger partial charge is 0.335 e. The molecule has 1 saturated heterocycles. The lowest BCUT2D eigenvalue weighted by molar-refractivity contribution is -0.122. The minimum atomic E-state index is -1.05. The van der Waals surface area contributed by atoms with E-state index in [1.54, 1.807) is 14.0 Å². The van der Waals surface area contributed by atoms with E-state index in [0.29, 0.717) is 16.6 Å². The number of carboxylic acid groups (broad SMARTS) is 1. The van der Waals surface area contributed by atoms with Crippen molar-refractivity contribution in [1.29, 1.82) is 0 Å². The number of carbonyl (C=O) groups is 3. The molecule has 0 unspecified atom stereocenters. The Balaban J connectivity index is 1.57. The van der Waals surface area contributed by atoms with Gasteiger partial charge in [-0.2, -0.15) is 5.10 Å². The Bertz CT molecular complexity index is 1050. The van der Waals surface area contributed by atoms with Crippen LogP contribution in [-0.4, -0.2) is 46.1 Å². The molecule has 2 amide bonds. The normalized spacial score (nSPS) is 17.4. The van der Waals surface area contributed by atoms with Gasteiger partial charge in [-0.15, -0.1) is 5.10 Å². The van der Waals surface area contributed by atoms with Crippen LogP contribution in [0, 0.1) is 0 Å². The van der Waals surface area contributed by atoms with E-state index in [0.717, 1.165) is 23.1 Å². The van der Waals surface area contributed by atoms with E-state index in [9.17, 15) is 14.4 Å². The molecule has 1 aliphatic heterocycles. The molecule has 9 nitrogen and oxygen atoms in total. The van der Waals surface area contributed by atoms with Crippen molar-refractivity contribution in [3.05, 3.63) is 59.7 Å². The zero-order valence-electron chi connectivity index (χ0n) is 16.8. The number of ether oxygens (including phenoxy) is 1. The highest BCUT2D eigenvalue weighted by Crippen LogP contribution is 2.23. The first-order chi connectivity index (χ1) is 14.9. The summed E-state index contributed by atoms with van der Waals surface area (Å²) in [7, 11) is 1.59. The lowest BCUT2D eigenvalue weighted by atomic mass is 10.1. The predicted octanol–water partition coefficient (Wildman–Crippen LogP) is 2.73. The molecule has 0 spiro atoms. The molecule has 2 aromatic rings. The maximum absolute atomic E-state index is 12.2. The van der Waals surface area contributed by atoms with E-state index in [1.165, 1.54) is 24.3 Å². The standard InChI is InChI=1S/C21H20N4O5S/c1-12(13-5-9-16(30-2)10-6-13)24-25-21-23-19(27)17(31-21)11-18(26)22-15-7-3-14(4-8-15)20(28)29/h3-10,17H,11H2,1-2H3,(H,22,26)(H,28,29)(H,23,25,27)/b24-12-/t17-/m1/s1. The zero-order chi connectivity index (χ0) is 22.4. The molecule has 31 heavy (non-hydrogen) atoms. The Morgan fingerprint density at radius 2 is 1.77 bits per heavy atom. The van der Waals surface area contributed by atoms with Crippen LogP contribution in [-0.2, 0) is 9.59 Å². The van der Waals surface area contributed by atoms with Crippen molar-refractivity contribution in [2.45, 2.75) is 18.6 Å². The Morgan fingerprint density at radius 3 is 2.39 bits per heavy atom. The van der Waals surface area contributed by atoms with Crippen LogP contribution in [0.4, 0.5) is 5.69 Å². The molecular formula is C21H20N4O5S. The van der Waals surface area contributed by atoms with Gasteiger partial charge in [0.15, 0.2) is 5.17 Å². The predicted molar refractivity (Wildman–Crippen MR) is 119 cm³/mol. The van der Waals surface area contributed by atoms with Gasteiger partial charge in [-0.05, 0) is 61.0 Å². The third-order valence-corrected chi connectivity index (χ3v) is 5.43. The fourth-order valence-electron chi connectivity index (χ4n) is 2.67. The third kappa shape index (κ3) is 5.92. The molecule has 0 bridgehead atoms. The molecule has 1 fully saturated rings. The summed E-state index contributed by atoms with van der Waals surface area (Å²) in [4.78, 5) is 35.3. The summed E-state index contributed by atoms with van der Waals surface area (Å²) in [5.41, 5.74) is 2.10. The Labute approximate surface area is 182 Å². The molecule has 0 saturated carbocycles. The largest absolute Gasteiger partial charge is 0.497 e. The van der Waals surface area contributed by atoms with E-state index in [2.05, 4.69) is 20.8 Å². The average molecular weight is 440 g/mol. The van der Waals surface area contributed by atoms with E-state index in [1.807, 2.05) is 24.3 Å². The molecule has 160 valence electrons. The first-order valence-electron chi connectivity index (χ1n) is 9.23. The summed E-state index contributed by atoms with van der Waals surface area (Å²) in [6.07, 6.45) is -0.0582. The SMILES string of the molecule is COc1ccc(/C(C)=N\N=C2\NC(=O)[C@@H](CC(=O)Nc3ccc(C(=O)O)cc3)S2)cc1. The Morgan fingerprint density at radius 1 is 1.13 bits per heavy atom. The molecule has 0 aliphatic carbocycles. The number of nitrogens with zero attached hydrogens (tertiary/aromatic N) is 2. The highest BCUT2D eigenvalue weighted by molar-refractivity contribution is 8.15. The number of hydrogen-bond acceptors (Lipinski definition) is 7. The van der Waals surface area contributed by atoms with Gasteiger partial charge in [-0.25, -0.2) is 4.79 Å². The van der Waals surface area contributed by atoms with Crippen LogP contribution in [0.15, 0.2) is 58.7 Å². The molecular weight excluding hydrogens is 420 g/mol. The Kier molecular flexibility index (Phi) is 7.03. The zero-order valence-corrected chi connectivity index (χ0v) is 17.6. The number of methoxy groups -OCH3 is 1. The second kappa shape index (κ2) is 9.90. The number of amides is 2. The van der Waals surface area contributed by atoms with Crippen LogP contribution in [0.25, 0.3) is 0 Å². The number of carbonyl (C=O) groups excluding carboxylic acids is 2. The number of carboxylic acids is 1. The average Bonchev–Trinajstić information content (AvgIpc) is 3.11. The molecule has 3 N–H and O–H groups in total. The molecule has 1 atom stereocenters. The van der Waals surface area contributed by atoms with Crippen molar-refractivity contribution in [2.24, 2.45) is 10.2 Å². The maximum atomic E-state index is 12.2. The molecule has 10 heteroatoms. The number of anilines is 1. The summed E-state index contributed by atoms with van der Waals surface area (Å²) in [6.45, 7) is 1.80. The fourth-order valence-corrected chi connectivity index (χ4v) is 3.59. The van der Waals surface area contributed by atoms with Crippen LogP contribution in [0.3, 0.4) is 0 Å². The highest BCUT2D eigenvalue weighted by Gasteiger charge is 2.32. The minimum absolute atomic E-state index is 0.0582. The van der Waals surface area contributed by atoms with Gasteiger partial charge in [0.25, 0.3) is 0 Å². The van der Waals surface area contributed by atoms with E-state index in [4.69, 9.17) is 9.84 Å². The summed E-state index contributed by atoms with van der Waals surface area (Å²) in [5, 5.41) is 22.1. The third-order valence-electron chi connectivity index (χ3n) is 4.36. The van der Waals surface area contributed by atoms with Gasteiger partial charge in [0.1, 0.15) is 11.0 Å². The first kappa shape index (κ1) is 22.0. The van der Waals surface area contributed by atoms with Gasteiger partial charge >= 0.3 is 5.97 Å². The quantitative estimate of drug-likeness (QED) is 0.448. The van der Waals surface area contributed by atoms with Gasteiger partial charge in [0, 0.05) is 12.1 Å².